The van der Waals surface area contributed by atoms with Crippen LogP contribution in [0.2, 0.25) is 0 Å². The predicted octanol–water partition coefficient (Wildman–Crippen LogP) is 0.997. The van der Waals surface area contributed by atoms with E-state index in [4.69, 9.17) is 5.73 Å². The molecule has 2 aromatic rings. The summed E-state index contributed by atoms with van der Waals surface area (Å²) in [6.45, 7) is 1.82. The lowest BCUT2D eigenvalue weighted by Gasteiger charge is -2.16. The third-order valence-corrected chi connectivity index (χ3v) is 4.66. The van der Waals surface area contributed by atoms with Crippen LogP contribution in [-0.2, 0) is 11.3 Å². The summed E-state index contributed by atoms with van der Waals surface area (Å²) in [5.41, 5.74) is 6.99. The molecule has 0 unspecified atom stereocenters. The maximum Gasteiger partial charge on any atom is 0.256 e. The van der Waals surface area contributed by atoms with Crippen LogP contribution in [0.25, 0.3) is 0 Å². The SMILES string of the molecule is N[C@H]1CCCNc2nc(ncc2C(=O)NCc2ccc(F)cc2)NCCCNC1=O. The van der Waals surface area contributed by atoms with Gasteiger partial charge < -0.3 is 27.0 Å². The lowest BCUT2D eigenvalue weighted by molar-refractivity contribution is -0.122. The van der Waals surface area contributed by atoms with Crippen molar-refractivity contribution in [2.75, 3.05) is 30.3 Å². The molecule has 0 fully saturated rings. The van der Waals surface area contributed by atoms with E-state index in [0.29, 0.717) is 56.2 Å². The number of carbonyl (C=O) groups excluding carboxylic acids is 2. The van der Waals surface area contributed by atoms with Gasteiger partial charge in [0.25, 0.3) is 5.91 Å². The second-order valence-corrected chi connectivity index (χ2v) is 7.01. The molecule has 0 radical (unpaired) electrons. The molecule has 2 heterocycles. The number of benzene rings is 1. The van der Waals surface area contributed by atoms with E-state index in [1.54, 1.807) is 12.1 Å². The quantitative estimate of drug-likeness (QED) is 0.505. The first-order valence-electron chi connectivity index (χ1n) is 9.93. The number of fused-ring (bicyclic) bond motifs is 2. The lowest BCUT2D eigenvalue weighted by atomic mass is 10.1. The van der Waals surface area contributed by atoms with Crippen LogP contribution in [0.4, 0.5) is 16.2 Å². The Morgan fingerprint density at radius 1 is 1.13 bits per heavy atom. The van der Waals surface area contributed by atoms with Crippen LogP contribution in [0.15, 0.2) is 30.5 Å². The highest BCUT2D eigenvalue weighted by molar-refractivity contribution is 5.98. The molecule has 1 aliphatic rings. The van der Waals surface area contributed by atoms with Gasteiger partial charge in [-0.3, -0.25) is 9.59 Å². The van der Waals surface area contributed by atoms with E-state index < -0.39 is 6.04 Å². The van der Waals surface area contributed by atoms with E-state index in [2.05, 4.69) is 31.2 Å². The van der Waals surface area contributed by atoms with Crippen molar-refractivity contribution in [1.82, 2.24) is 20.6 Å². The van der Waals surface area contributed by atoms with Crippen molar-refractivity contribution in [3.05, 3.63) is 47.4 Å². The molecule has 2 amide bonds. The molecular weight excluding hydrogens is 389 g/mol. The highest BCUT2D eigenvalue weighted by Crippen LogP contribution is 2.15. The van der Waals surface area contributed by atoms with Crippen molar-refractivity contribution in [1.29, 1.82) is 0 Å². The summed E-state index contributed by atoms with van der Waals surface area (Å²) in [5, 5.41) is 11.8. The summed E-state index contributed by atoms with van der Waals surface area (Å²) >= 11 is 0. The number of anilines is 2. The number of nitrogens with one attached hydrogen (secondary N) is 4. The first-order valence-corrected chi connectivity index (χ1v) is 9.93. The van der Waals surface area contributed by atoms with Gasteiger partial charge in [-0.1, -0.05) is 12.1 Å². The molecule has 1 aromatic carbocycles. The van der Waals surface area contributed by atoms with Crippen molar-refractivity contribution < 1.29 is 14.0 Å². The van der Waals surface area contributed by atoms with Crippen LogP contribution in [0.3, 0.4) is 0 Å². The zero-order valence-electron chi connectivity index (χ0n) is 16.6. The van der Waals surface area contributed by atoms with Crippen molar-refractivity contribution in [2.24, 2.45) is 5.73 Å². The Labute approximate surface area is 174 Å². The Morgan fingerprint density at radius 3 is 2.67 bits per heavy atom. The maximum absolute atomic E-state index is 13.0. The lowest BCUT2D eigenvalue weighted by Crippen LogP contribution is -2.41. The smallest absolute Gasteiger partial charge is 0.256 e. The monoisotopic (exact) mass is 415 g/mol. The van der Waals surface area contributed by atoms with E-state index >= 15 is 0 Å². The minimum Gasteiger partial charge on any atom is -0.369 e. The number of hydrogen-bond acceptors (Lipinski definition) is 7. The Kier molecular flexibility index (Phi) is 7.50. The van der Waals surface area contributed by atoms with E-state index in [9.17, 15) is 14.0 Å². The summed E-state index contributed by atoms with van der Waals surface area (Å²) in [6.07, 6.45) is 3.31. The molecule has 6 N–H and O–H groups in total. The van der Waals surface area contributed by atoms with Crippen molar-refractivity contribution in [2.45, 2.75) is 31.8 Å². The third-order valence-electron chi connectivity index (χ3n) is 4.66. The molecule has 1 aromatic heterocycles. The van der Waals surface area contributed by atoms with Crippen LogP contribution in [0, 0.1) is 5.82 Å². The normalized spacial score (nSPS) is 17.7. The topological polar surface area (TPSA) is 134 Å². The van der Waals surface area contributed by atoms with Crippen LogP contribution < -0.4 is 27.0 Å². The minimum atomic E-state index is -0.567. The van der Waals surface area contributed by atoms with Gasteiger partial charge in [0.1, 0.15) is 17.2 Å². The Balaban J connectivity index is 1.69. The molecule has 1 atom stereocenters. The van der Waals surface area contributed by atoms with E-state index in [1.807, 2.05) is 0 Å². The number of carbonyl (C=O) groups is 2. The van der Waals surface area contributed by atoms with Gasteiger partial charge in [-0.2, -0.15) is 4.98 Å². The zero-order valence-corrected chi connectivity index (χ0v) is 16.6. The molecule has 0 aliphatic carbocycles. The number of halogens is 1. The summed E-state index contributed by atoms with van der Waals surface area (Å²) in [7, 11) is 0. The first-order chi connectivity index (χ1) is 14.5. The predicted molar refractivity (Wildman–Crippen MR) is 111 cm³/mol. The Hall–Kier alpha value is -3.27. The van der Waals surface area contributed by atoms with Crippen LogP contribution in [0.5, 0.6) is 0 Å². The molecule has 0 saturated heterocycles. The van der Waals surface area contributed by atoms with Gasteiger partial charge in [0.15, 0.2) is 0 Å². The van der Waals surface area contributed by atoms with Gasteiger partial charge in [0.05, 0.1) is 6.04 Å². The van der Waals surface area contributed by atoms with Gasteiger partial charge in [-0.25, -0.2) is 9.37 Å². The number of hydrogen-bond donors (Lipinski definition) is 5. The number of nitrogens with two attached hydrogens (primary N) is 1. The Bertz CT molecular complexity index is 876. The molecular formula is C20H26FN7O2. The second-order valence-electron chi connectivity index (χ2n) is 7.01. The first kappa shape index (κ1) is 21.4. The molecule has 9 nitrogen and oxygen atoms in total. The second kappa shape index (κ2) is 10.5. The number of rotatable bonds is 3. The fraction of sp³-hybridized carbons (Fsp3) is 0.400. The molecule has 0 saturated carbocycles. The third kappa shape index (κ3) is 6.11. The van der Waals surface area contributed by atoms with Gasteiger partial charge in [-0.15, -0.1) is 0 Å². The van der Waals surface area contributed by atoms with Crippen molar-refractivity contribution in [3.8, 4) is 0 Å². The highest BCUT2D eigenvalue weighted by Gasteiger charge is 2.16. The molecule has 30 heavy (non-hydrogen) atoms. The van der Waals surface area contributed by atoms with Crippen LogP contribution in [0.1, 0.15) is 35.2 Å². The average molecular weight is 415 g/mol. The summed E-state index contributed by atoms with van der Waals surface area (Å²) in [4.78, 5) is 33.2. The Morgan fingerprint density at radius 2 is 1.87 bits per heavy atom. The fourth-order valence-corrected chi connectivity index (χ4v) is 2.94. The fourth-order valence-electron chi connectivity index (χ4n) is 2.94. The average Bonchev–Trinajstić information content (AvgIpc) is 2.75. The van der Waals surface area contributed by atoms with Crippen molar-refractivity contribution in [3.63, 3.8) is 0 Å². The largest absolute Gasteiger partial charge is 0.369 e. The molecule has 0 spiro atoms. The number of aromatic nitrogens is 2. The molecule has 3 rings (SSSR count). The standard InChI is InChI=1S/C20H26FN7O2/c21-14-6-4-13(5-7-14)11-26-18(29)15-12-27-20-25-10-2-9-24-19(30)16(22)3-1-8-23-17(15)28-20/h4-7,12,16H,1-3,8-11,22H2,(H,24,30)(H,26,29)(H2,23,25,27,28)/t16-/m0/s1. The summed E-state index contributed by atoms with van der Waals surface area (Å²) in [6, 6.07) is 5.35. The molecule has 2 bridgehead atoms. The van der Waals surface area contributed by atoms with Crippen LogP contribution in [-0.4, -0.2) is 47.5 Å². The van der Waals surface area contributed by atoms with Crippen molar-refractivity contribution >= 4 is 23.6 Å². The van der Waals surface area contributed by atoms with Gasteiger partial charge in [0.2, 0.25) is 11.9 Å². The summed E-state index contributed by atoms with van der Waals surface area (Å²) < 4.78 is 13.0. The van der Waals surface area contributed by atoms with E-state index in [-0.39, 0.29) is 24.2 Å². The summed E-state index contributed by atoms with van der Waals surface area (Å²) in [5.74, 6) is -0.0370. The van der Waals surface area contributed by atoms with Gasteiger partial charge in [-0.05, 0) is 37.0 Å². The van der Waals surface area contributed by atoms with Gasteiger partial charge >= 0.3 is 0 Å². The molecule has 10 heteroatoms. The number of amides is 2. The number of nitrogens with zero attached hydrogens (tertiary/aromatic N) is 2. The van der Waals surface area contributed by atoms with E-state index in [0.717, 1.165) is 5.56 Å². The van der Waals surface area contributed by atoms with Gasteiger partial charge in [0, 0.05) is 32.4 Å². The van der Waals surface area contributed by atoms with E-state index in [1.165, 1.54) is 18.3 Å². The maximum atomic E-state index is 13.0. The molecule has 160 valence electrons. The minimum absolute atomic E-state index is 0.164. The van der Waals surface area contributed by atoms with Crippen LogP contribution >= 0.6 is 0 Å². The molecule has 1 aliphatic heterocycles. The zero-order chi connectivity index (χ0) is 21.3. The highest BCUT2D eigenvalue weighted by atomic mass is 19.1.